The molecule has 2 aromatic rings. The Hall–Kier alpha value is -2.50. The highest BCUT2D eigenvalue weighted by molar-refractivity contribution is 5.84. The first-order chi connectivity index (χ1) is 8.78. The molecule has 3 N–H and O–H groups in total. The summed E-state index contributed by atoms with van der Waals surface area (Å²) in [5.41, 5.74) is 1.63. The molecule has 94 valence electrons. The zero-order valence-electron chi connectivity index (χ0n) is 9.93. The second-order valence-corrected chi connectivity index (χ2v) is 3.58. The minimum atomic E-state index is -0.480. The molecule has 0 bridgehead atoms. The van der Waals surface area contributed by atoms with E-state index >= 15 is 0 Å². The third-order valence-electron chi connectivity index (χ3n) is 2.33. The van der Waals surface area contributed by atoms with Crippen LogP contribution in [0.1, 0.15) is 5.82 Å². The average Bonchev–Trinajstić information content (AvgIpc) is 2.91. The molecule has 1 amide bonds. The van der Waals surface area contributed by atoms with Crippen LogP contribution in [0.25, 0.3) is 0 Å². The number of H-pyrrole nitrogens is 1. The van der Waals surface area contributed by atoms with Crippen molar-refractivity contribution in [3.8, 4) is 0 Å². The summed E-state index contributed by atoms with van der Waals surface area (Å²) in [6.07, 6.45) is 3.01. The van der Waals surface area contributed by atoms with Gasteiger partial charge in [-0.2, -0.15) is 0 Å². The monoisotopic (exact) mass is 246 g/mol. The molecule has 6 heteroatoms. The minimum Gasteiger partial charge on any atom is -0.453 e. The van der Waals surface area contributed by atoms with Gasteiger partial charge in [-0.05, 0) is 24.3 Å². The summed E-state index contributed by atoms with van der Waals surface area (Å²) in [5.74, 6) is 0.867. The van der Waals surface area contributed by atoms with E-state index in [2.05, 4.69) is 25.3 Å². The van der Waals surface area contributed by atoms with Crippen molar-refractivity contribution >= 4 is 17.5 Å². The lowest BCUT2D eigenvalue weighted by molar-refractivity contribution is 0.187. The lowest BCUT2D eigenvalue weighted by Crippen LogP contribution is -2.10. The average molecular weight is 246 g/mol. The van der Waals surface area contributed by atoms with E-state index in [4.69, 9.17) is 0 Å². The number of benzene rings is 1. The van der Waals surface area contributed by atoms with Crippen LogP contribution < -0.4 is 10.6 Å². The molecular formula is C12H14N4O2. The lowest BCUT2D eigenvalue weighted by Gasteiger charge is -2.07. The SMILES string of the molecule is COC(=O)Nc1ccc(NCc2ncc[nH]2)cc1. The number of rotatable bonds is 4. The Bertz CT molecular complexity index is 493. The number of nitrogens with zero attached hydrogens (tertiary/aromatic N) is 1. The van der Waals surface area contributed by atoms with Crippen molar-refractivity contribution in [1.29, 1.82) is 0 Å². The summed E-state index contributed by atoms with van der Waals surface area (Å²) in [5, 5.41) is 5.78. The fraction of sp³-hybridized carbons (Fsp3) is 0.167. The number of hydrogen-bond donors (Lipinski definition) is 3. The summed E-state index contributed by atoms with van der Waals surface area (Å²) < 4.78 is 4.50. The van der Waals surface area contributed by atoms with Crippen molar-refractivity contribution in [2.45, 2.75) is 6.54 Å². The molecule has 1 aromatic heterocycles. The lowest BCUT2D eigenvalue weighted by atomic mass is 10.3. The van der Waals surface area contributed by atoms with Gasteiger partial charge in [-0.15, -0.1) is 0 Å². The van der Waals surface area contributed by atoms with Gasteiger partial charge in [0.25, 0.3) is 0 Å². The van der Waals surface area contributed by atoms with Gasteiger partial charge in [0.05, 0.1) is 13.7 Å². The number of carbonyl (C=O) groups excluding carboxylic acids is 1. The first kappa shape index (κ1) is 12.0. The minimum absolute atomic E-state index is 0.480. The molecule has 6 nitrogen and oxygen atoms in total. The highest BCUT2D eigenvalue weighted by Crippen LogP contribution is 2.14. The molecule has 0 unspecified atom stereocenters. The summed E-state index contributed by atoms with van der Waals surface area (Å²) in [7, 11) is 1.33. The predicted octanol–water partition coefficient (Wildman–Crippen LogP) is 2.20. The van der Waals surface area contributed by atoms with Crippen LogP contribution >= 0.6 is 0 Å². The zero-order valence-corrected chi connectivity index (χ0v) is 9.93. The Morgan fingerprint density at radius 2 is 2.06 bits per heavy atom. The molecule has 2 rings (SSSR count). The van der Waals surface area contributed by atoms with E-state index in [9.17, 15) is 4.79 Å². The van der Waals surface area contributed by atoms with Crippen molar-refractivity contribution in [2.24, 2.45) is 0 Å². The molecule has 18 heavy (non-hydrogen) atoms. The number of imidazole rings is 1. The molecule has 0 aliphatic rings. The van der Waals surface area contributed by atoms with Crippen LogP contribution in [-0.4, -0.2) is 23.2 Å². The van der Waals surface area contributed by atoms with Crippen molar-refractivity contribution in [3.05, 3.63) is 42.5 Å². The van der Waals surface area contributed by atoms with Crippen LogP contribution in [0.4, 0.5) is 16.2 Å². The van der Waals surface area contributed by atoms with Crippen LogP contribution in [0.2, 0.25) is 0 Å². The van der Waals surface area contributed by atoms with Crippen molar-refractivity contribution in [2.75, 3.05) is 17.7 Å². The smallest absolute Gasteiger partial charge is 0.411 e. The van der Waals surface area contributed by atoms with Gasteiger partial charge >= 0.3 is 6.09 Å². The highest BCUT2D eigenvalue weighted by Gasteiger charge is 2.00. The molecule has 0 radical (unpaired) electrons. The maximum Gasteiger partial charge on any atom is 0.411 e. The second kappa shape index (κ2) is 5.72. The second-order valence-electron chi connectivity index (χ2n) is 3.58. The van der Waals surface area contributed by atoms with Gasteiger partial charge in [0.1, 0.15) is 5.82 Å². The number of aromatic nitrogens is 2. The van der Waals surface area contributed by atoms with E-state index < -0.39 is 6.09 Å². The van der Waals surface area contributed by atoms with Gasteiger partial charge < -0.3 is 15.0 Å². The number of hydrogen-bond acceptors (Lipinski definition) is 4. The number of methoxy groups -OCH3 is 1. The molecule has 0 saturated carbocycles. The predicted molar refractivity (Wildman–Crippen MR) is 68.4 cm³/mol. The molecule has 1 heterocycles. The third-order valence-corrected chi connectivity index (χ3v) is 2.33. The van der Waals surface area contributed by atoms with Gasteiger partial charge in [-0.1, -0.05) is 0 Å². The Morgan fingerprint density at radius 1 is 1.33 bits per heavy atom. The Morgan fingerprint density at radius 3 is 2.67 bits per heavy atom. The molecule has 0 fully saturated rings. The van der Waals surface area contributed by atoms with Crippen LogP contribution in [0, 0.1) is 0 Å². The van der Waals surface area contributed by atoms with E-state index in [1.807, 2.05) is 12.1 Å². The quantitative estimate of drug-likeness (QED) is 0.772. The molecule has 0 aliphatic heterocycles. The first-order valence-electron chi connectivity index (χ1n) is 5.45. The normalized spacial score (nSPS) is 9.83. The molecule has 0 saturated heterocycles. The van der Waals surface area contributed by atoms with E-state index in [-0.39, 0.29) is 0 Å². The van der Waals surface area contributed by atoms with Gasteiger partial charge in [-0.3, -0.25) is 5.32 Å². The maximum absolute atomic E-state index is 11.0. The van der Waals surface area contributed by atoms with Crippen LogP contribution in [0.3, 0.4) is 0 Å². The van der Waals surface area contributed by atoms with Crippen molar-refractivity contribution in [3.63, 3.8) is 0 Å². The fourth-order valence-corrected chi connectivity index (χ4v) is 1.42. The molecule has 0 atom stereocenters. The Labute approximate surface area is 104 Å². The Kier molecular flexibility index (Phi) is 3.80. The van der Waals surface area contributed by atoms with Gasteiger partial charge in [0.15, 0.2) is 0 Å². The third kappa shape index (κ3) is 3.24. The number of nitrogens with one attached hydrogen (secondary N) is 3. The number of anilines is 2. The molecule has 1 aromatic carbocycles. The summed E-state index contributed by atoms with van der Waals surface area (Å²) in [6, 6.07) is 7.32. The Balaban J connectivity index is 1.89. The molecule has 0 aliphatic carbocycles. The van der Waals surface area contributed by atoms with E-state index in [1.54, 1.807) is 24.5 Å². The summed E-state index contributed by atoms with van der Waals surface area (Å²) in [6.45, 7) is 0.622. The number of amides is 1. The molecule has 0 spiro atoms. The number of carbonyl (C=O) groups is 1. The zero-order chi connectivity index (χ0) is 12.8. The number of ether oxygens (including phenoxy) is 1. The van der Waals surface area contributed by atoms with Crippen LogP contribution in [0.5, 0.6) is 0 Å². The van der Waals surface area contributed by atoms with Gasteiger partial charge in [0, 0.05) is 23.8 Å². The maximum atomic E-state index is 11.0. The van der Waals surface area contributed by atoms with E-state index in [0.29, 0.717) is 12.2 Å². The first-order valence-corrected chi connectivity index (χ1v) is 5.45. The van der Waals surface area contributed by atoms with Crippen molar-refractivity contribution in [1.82, 2.24) is 9.97 Å². The van der Waals surface area contributed by atoms with Crippen LogP contribution in [0.15, 0.2) is 36.7 Å². The molecular weight excluding hydrogens is 232 g/mol. The standard InChI is InChI=1S/C12H14N4O2/c1-18-12(17)16-10-4-2-9(3-5-10)15-8-11-13-6-7-14-11/h2-7,15H,8H2,1H3,(H,13,14)(H,16,17). The summed E-state index contributed by atoms with van der Waals surface area (Å²) >= 11 is 0. The summed E-state index contributed by atoms with van der Waals surface area (Å²) in [4.78, 5) is 18.1. The topological polar surface area (TPSA) is 79.0 Å². The highest BCUT2D eigenvalue weighted by atomic mass is 16.5. The largest absolute Gasteiger partial charge is 0.453 e. The van der Waals surface area contributed by atoms with E-state index in [1.165, 1.54) is 7.11 Å². The fourth-order valence-electron chi connectivity index (χ4n) is 1.42. The van der Waals surface area contributed by atoms with E-state index in [0.717, 1.165) is 11.5 Å². The number of aromatic amines is 1. The van der Waals surface area contributed by atoms with Gasteiger partial charge in [0.2, 0.25) is 0 Å². The van der Waals surface area contributed by atoms with Crippen molar-refractivity contribution < 1.29 is 9.53 Å². The van der Waals surface area contributed by atoms with Crippen LogP contribution in [-0.2, 0) is 11.3 Å². The van der Waals surface area contributed by atoms with Gasteiger partial charge in [-0.25, -0.2) is 9.78 Å².